The maximum absolute atomic E-state index is 10.9. The molecule has 1 saturated carbocycles. The second kappa shape index (κ2) is 1.94. The van der Waals surface area contributed by atoms with Crippen molar-refractivity contribution in [1.29, 1.82) is 0 Å². The van der Waals surface area contributed by atoms with Crippen LogP contribution in [0.4, 0.5) is 0 Å². The molecule has 1 heteroatoms. The Labute approximate surface area is 62.1 Å². The van der Waals surface area contributed by atoms with Crippen LogP contribution < -0.4 is 0 Å². The van der Waals surface area contributed by atoms with Crippen LogP contribution in [-0.4, -0.2) is 5.78 Å². The summed E-state index contributed by atoms with van der Waals surface area (Å²) in [5.41, 5.74) is 1.29. The zero-order valence-corrected chi connectivity index (χ0v) is 6.90. The van der Waals surface area contributed by atoms with Crippen molar-refractivity contribution in [2.45, 2.75) is 27.2 Å². The van der Waals surface area contributed by atoms with E-state index in [9.17, 15) is 4.79 Å². The lowest BCUT2D eigenvalue weighted by Gasteiger charge is -2.07. The highest BCUT2D eigenvalue weighted by atomic mass is 16.1. The Bertz CT molecular complexity index is 193. The Kier molecular flexibility index (Phi) is 1.46. The quantitative estimate of drug-likeness (QED) is 0.534. The summed E-state index contributed by atoms with van der Waals surface area (Å²) in [4.78, 5) is 10.9. The van der Waals surface area contributed by atoms with E-state index in [4.69, 9.17) is 0 Å². The van der Waals surface area contributed by atoms with E-state index in [1.807, 2.05) is 6.92 Å². The van der Waals surface area contributed by atoms with Gasteiger partial charge in [-0.1, -0.05) is 19.1 Å². The van der Waals surface area contributed by atoms with E-state index in [1.54, 1.807) is 6.92 Å². The van der Waals surface area contributed by atoms with E-state index < -0.39 is 0 Å². The minimum Gasteiger partial charge on any atom is -0.300 e. The number of rotatable bonds is 2. The molecule has 0 bridgehead atoms. The fraction of sp³-hybridized carbons (Fsp3) is 0.667. The topological polar surface area (TPSA) is 17.1 Å². The molecule has 0 N–H and O–H groups in total. The number of allylic oxidation sites excluding steroid dienone is 1. The SMILES string of the molecule is C=C(C)[C@@]1(C)C[C@@H]1C(C)=O. The maximum Gasteiger partial charge on any atom is 0.133 e. The predicted octanol–water partition coefficient (Wildman–Crippen LogP) is 2.18. The van der Waals surface area contributed by atoms with Gasteiger partial charge in [-0.05, 0) is 25.7 Å². The molecule has 1 nitrogen and oxygen atoms in total. The third-order valence-electron chi connectivity index (χ3n) is 2.70. The number of Topliss-reactive ketones (excluding diaryl/α,β-unsaturated/α-hetero) is 1. The number of carbonyl (C=O) groups excluding carboxylic acids is 1. The van der Waals surface area contributed by atoms with Crippen LogP contribution >= 0.6 is 0 Å². The van der Waals surface area contributed by atoms with Gasteiger partial charge in [-0.15, -0.1) is 0 Å². The summed E-state index contributed by atoms with van der Waals surface area (Å²) in [7, 11) is 0. The van der Waals surface area contributed by atoms with Crippen molar-refractivity contribution in [1.82, 2.24) is 0 Å². The van der Waals surface area contributed by atoms with Crippen molar-refractivity contribution in [3.63, 3.8) is 0 Å². The van der Waals surface area contributed by atoms with Gasteiger partial charge in [0.05, 0.1) is 0 Å². The lowest BCUT2D eigenvalue weighted by atomic mass is 9.97. The molecule has 1 rings (SSSR count). The second-order valence-electron chi connectivity index (χ2n) is 3.57. The van der Waals surface area contributed by atoms with Crippen molar-refractivity contribution in [3.8, 4) is 0 Å². The molecule has 0 radical (unpaired) electrons. The largest absolute Gasteiger partial charge is 0.300 e. The van der Waals surface area contributed by atoms with Gasteiger partial charge in [0.1, 0.15) is 5.78 Å². The molecule has 0 saturated heterocycles. The monoisotopic (exact) mass is 138 g/mol. The maximum atomic E-state index is 10.9. The van der Waals surface area contributed by atoms with Gasteiger partial charge in [0.25, 0.3) is 0 Å². The van der Waals surface area contributed by atoms with E-state index in [0.29, 0.717) is 5.78 Å². The van der Waals surface area contributed by atoms with Crippen molar-refractivity contribution in [3.05, 3.63) is 12.2 Å². The first-order chi connectivity index (χ1) is 4.48. The van der Waals surface area contributed by atoms with E-state index in [0.717, 1.165) is 12.0 Å². The van der Waals surface area contributed by atoms with Crippen LogP contribution in [0.5, 0.6) is 0 Å². The molecule has 0 amide bonds. The first kappa shape index (κ1) is 7.52. The van der Waals surface area contributed by atoms with Gasteiger partial charge in [0.15, 0.2) is 0 Å². The molecule has 0 heterocycles. The van der Waals surface area contributed by atoms with E-state index >= 15 is 0 Å². The number of hydrogen-bond donors (Lipinski definition) is 0. The van der Waals surface area contributed by atoms with Gasteiger partial charge in [-0.2, -0.15) is 0 Å². The zero-order chi connectivity index (χ0) is 7.94. The summed E-state index contributed by atoms with van der Waals surface area (Å²) in [5, 5.41) is 0. The fourth-order valence-corrected chi connectivity index (χ4v) is 1.43. The van der Waals surface area contributed by atoms with Crippen molar-refractivity contribution in [2.24, 2.45) is 11.3 Å². The molecule has 0 aromatic rings. The van der Waals surface area contributed by atoms with Gasteiger partial charge in [-0.3, -0.25) is 4.79 Å². The number of hydrogen-bond acceptors (Lipinski definition) is 1. The van der Waals surface area contributed by atoms with Gasteiger partial charge in [0, 0.05) is 5.92 Å². The van der Waals surface area contributed by atoms with Crippen molar-refractivity contribution in [2.75, 3.05) is 0 Å². The summed E-state index contributed by atoms with van der Waals surface area (Å²) in [6, 6.07) is 0. The van der Waals surface area contributed by atoms with Crippen LogP contribution in [0.25, 0.3) is 0 Å². The summed E-state index contributed by atoms with van der Waals surface area (Å²) in [6.45, 7) is 9.65. The Hall–Kier alpha value is -0.590. The molecule has 0 spiro atoms. The molecular weight excluding hydrogens is 124 g/mol. The number of carbonyl (C=O) groups is 1. The summed E-state index contributed by atoms with van der Waals surface area (Å²) in [6.07, 6.45) is 1.01. The van der Waals surface area contributed by atoms with Crippen LogP contribution in [0, 0.1) is 11.3 Å². The van der Waals surface area contributed by atoms with E-state index in [1.165, 1.54) is 0 Å². The van der Waals surface area contributed by atoms with Crippen LogP contribution in [0.1, 0.15) is 27.2 Å². The summed E-state index contributed by atoms with van der Waals surface area (Å²) < 4.78 is 0. The molecule has 0 aromatic heterocycles. The molecule has 0 aliphatic heterocycles. The highest BCUT2D eigenvalue weighted by Gasteiger charge is 2.53. The molecule has 0 aromatic carbocycles. The minimum absolute atomic E-state index is 0.145. The normalized spacial score (nSPS) is 37.3. The predicted molar refractivity (Wildman–Crippen MR) is 41.7 cm³/mol. The summed E-state index contributed by atoms with van der Waals surface area (Å²) in [5.74, 6) is 0.579. The van der Waals surface area contributed by atoms with Gasteiger partial charge in [-0.25, -0.2) is 0 Å². The highest BCUT2D eigenvalue weighted by Crippen LogP contribution is 2.57. The van der Waals surface area contributed by atoms with Gasteiger partial charge in [0.2, 0.25) is 0 Å². The van der Waals surface area contributed by atoms with Crippen LogP contribution in [0.3, 0.4) is 0 Å². The minimum atomic E-state index is 0.145. The average Bonchev–Trinajstić information content (AvgIpc) is 2.43. The highest BCUT2D eigenvalue weighted by molar-refractivity contribution is 5.83. The molecule has 56 valence electrons. The third-order valence-corrected chi connectivity index (χ3v) is 2.70. The Balaban J connectivity index is 2.65. The lowest BCUT2D eigenvalue weighted by molar-refractivity contribution is -0.118. The van der Waals surface area contributed by atoms with Crippen LogP contribution in [0.15, 0.2) is 12.2 Å². The molecule has 1 fully saturated rings. The van der Waals surface area contributed by atoms with Crippen LogP contribution in [0.2, 0.25) is 0 Å². The Morgan fingerprint density at radius 2 is 2.10 bits per heavy atom. The lowest BCUT2D eigenvalue weighted by Crippen LogP contribution is -2.04. The Morgan fingerprint density at radius 1 is 1.60 bits per heavy atom. The second-order valence-corrected chi connectivity index (χ2v) is 3.57. The molecular formula is C9H14O. The van der Waals surface area contributed by atoms with Gasteiger partial charge < -0.3 is 0 Å². The fourth-order valence-electron chi connectivity index (χ4n) is 1.43. The van der Waals surface area contributed by atoms with Gasteiger partial charge >= 0.3 is 0 Å². The first-order valence-corrected chi connectivity index (χ1v) is 3.65. The van der Waals surface area contributed by atoms with Crippen molar-refractivity contribution < 1.29 is 4.79 Å². The molecule has 0 unspecified atom stereocenters. The van der Waals surface area contributed by atoms with Crippen LogP contribution in [-0.2, 0) is 4.79 Å². The van der Waals surface area contributed by atoms with E-state index in [-0.39, 0.29) is 11.3 Å². The summed E-state index contributed by atoms with van der Waals surface area (Å²) >= 11 is 0. The molecule has 2 atom stereocenters. The molecule has 1 aliphatic carbocycles. The average molecular weight is 138 g/mol. The standard InChI is InChI=1S/C9H14O/c1-6(2)9(4)5-8(9)7(3)10/h8H,1,5H2,2-4H3/t8-,9-/m1/s1. The number of ketones is 1. The smallest absolute Gasteiger partial charge is 0.133 e. The van der Waals surface area contributed by atoms with E-state index in [2.05, 4.69) is 13.5 Å². The Morgan fingerprint density at radius 3 is 2.20 bits per heavy atom. The molecule has 1 aliphatic rings. The third kappa shape index (κ3) is 0.898. The molecule has 10 heavy (non-hydrogen) atoms. The first-order valence-electron chi connectivity index (χ1n) is 3.65. The zero-order valence-electron chi connectivity index (χ0n) is 6.90. The van der Waals surface area contributed by atoms with Crippen molar-refractivity contribution >= 4 is 5.78 Å².